The van der Waals surface area contributed by atoms with Gasteiger partial charge in [-0.25, -0.2) is 4.79 Å². The molecule has 5 nitrogen and oxygen atoms in total. The normalized spacial score (nSPS) is 22.3. The van der Waals surface area contributed by atoms with E-state index in [0.29, 0.717) is 11.3 Å². The quantitative estimate of drug-likeness (QED) is 0.757. The number of carbonyl (C=O) groups excluding carboxylic acids is 1. The van der Waals surface area contributed by atoms with Crippen LogP contribution in [0.1, 0.15) is 31.2 Å². The van der Waals surface area contributed by atoms with Gasteiger partial charge >= 0.3 is 6.03 Å². The lowest BCUT2D eigenvalue weighted by molar-refractivity contribution is 0.242. The first kappa shape index (κ1) is 13.4. The molecule has 100 valence electrons. The number of urea groups is 1. The van der Waals surface area contributed by atoms with Crippen molar-refractivity contribution < 1.29 is 4.79 Å². The van der Waals surface area contributed by atoms with Gasteiger partial charge in [-0.1, -0.05) is 6.07 Å². The van der Waals surface area contributed by atoms with E-state index in [1.807, 2.05) is 6.07 Å². The summed E-state index contributed by atoms with van der Waals surface area (Å²) in [6.45, 7) is 0. The third-order valence-corrected chi connectivity index (χ3v) is 3.36. The first-order valence-electron chi connectivity index (χ1n) is 6.50. The van der Waals surface area contributed by atoms with Crippen LogP contribution in [-0.4, -0.2) is 18.1 Å². The molecule has 5 heteroatoms. The van der Waals surface area contributed by atoms with Gasteiger partial charge in [-0.2, -0.15) is 5.26 Å². The standard InChI is InChI=1S/C14H18N4O/c15-9-10-2-1-3-13(8-10)18-14(19)17-12-6-4-11(16)5-7-12/h1-3,8,11-12H,4-7,16H2,(H2,17,18,19). The molecule has 1 aromatic rings. The molecule has 19 heavy (non-hydrogen) atoms. The number of amides is 2. The summed E-state index contributed by atoms with van der Waals surface area (Å²) in [5.41, 5.74) is 6.98. The van der Waals surface area contributed by atoms with Crippen LogP contribution < -0.4 is 16.4 Å². The van der Waals surface area contributed by atoms with E-state index in [2.05, 4.69) is 10.6 Å². The van der Waals surface area contributed by atoms with Gasteiger partial charge in [0.1, 0.15) is 0 Å². The van der Waals surface area contributed by atoms with E-state index >= 15 is 0 Å². The van der Waals surface area contributed by atoms with Gasteiger partial charge in [0.05, 0.1) is 11.6 Å². The lowest BCUT2D eigenvalue weighted by Gasteiger charge is -2.26. The van der Waals surface area contributed by atoms with E-state index in [4.69, 9.17) is 11.0 Å². The van der Waals surface area contributed by atoms with E-state index in [9.17, 15) is 4.79 Å². The number of hydrogen-bond acceptors (Lipinski definition) is 3. The molecule has 1 aliphatic rings. The smallest absolute Gasteiger partial charge is 0.319 e. The summed E-state index contributed by atoms with van der Waals surface area (Å²) in [5, 5.41) is 14.5. The average Bonchev–Trinajstić information content (AvgIpc) is 2.41. The van der Waals surface area contributed by atoms with Gasteiger partial charge in [-0.05, 0) is 43.9 Å². The Morgan fingerprint density at radius 3 is 2.74 bits per heavy atom. The molecule has 0 saturated heterocycles. The van der Waals surface area contributed by atoms with Crippen molar-refractivity contribution in [3.63, 3.8) is 0 Å². The molecule has 1 aliphatic carbocycles. The maximum absolute atomic E-state index is 11.8. The number of nitrogens with zero attached hydrogens (tertiary/aromatic N) is 1. The molecule has 0 bridgehead atoms. The highest BCUT2D eigenvalue weighted by Crippen LogP contribution is 2.17. The maximum Gasteiger partial charge on any atom is 0.319 e. The predicted octanol–water partition coefficient (Wildman–Crippen LogP) is 1.95. The highest BCUT2D eigenvalue weighted by atomic mass is 16.2. The highest BCUT2D eigenvalue weighted by Gasteiger charge is 2.19. The van der Waals surface area contributed by atoms with Gasteiger partial charge in [-0.15, -0.1) is 0 Å². The van der Waals surface area contributed by atoms with Gasteiger partial charge in [0.2, 0.25) is 0 Å². The van der Waals surface area contributed by atoms with Gasteiger partial charge in [-0.3, -0.25) is 0 Å². The molecule has 0 heterocycles. The van der Waals surface area contributed by atoms with Crippen LogP contribution in [0.4, 0.5) is 10.5 Å². The van der Waals surface area contributed by atoms with Crippen molar-refractivity contribution in [2.45, 2.75) is 37.8 Å². The Morgan fingerprint density at radius 1 is 1.32 bits per heavy atom. The summed E-state index contributed by atoms with van der Waals surface area (Å²) < 4.78 is 0. The molecule has 2 rings (SSSR count). The van der Waals surface area contributed by atoms with Crippen molar-refractivity contribution in [2.24, 2.45) is 5.73 Å². The lowest BCUT2D eigenvalue weighted by Crippen LogP contribution is -2.42. The summed E-state index contributed by atoms with van der Waals surface area (Å²) in [4.78, 5) is 11.8. The Labute approximate surface area is 112 Å². The predicted molar refractivity (Wildman–Crippen MR) is 73.5 cm³/mol. The van der Waals surface area contributed by atoms with Crippen molar-refractivity contribution >= 4 is 11.7 Å². The molecule has 4 N–H and O–H groups in total. The summed E-state index contributed by atoms with van der Waals surface area (Å²) >= 11 is 0. The van der Waals surface area contributed by atoms with E-state index in [1.165, 1.54) is 0 Å². The Bertz CT molecular complexity index is 486. The SMILES string of the molecule is N#Cc1cccc(NC(=O)NC2CCC(N)CC2)c1. The Hall–Kier alpha value is -2.06. The second kappa shape index (κ2) is 6.21. The van der Waals surface area contributed by atoms with Crippen LogP contribution >= 0.6 is 0 Å². The maximum atomic E-state index is 11.8. The number of nitrogens with two attached hydrogens (primary N) is 1. The first-order chi connectivity index (χ1) is 9.17. The molecule has 0 unspecified atom stereocenters. The number of hydrogen-bond donors (Lipinski definition) is 3. The van der Waals surface area contributed by atoms with Gasteiger partial charge in [0, 0.05) is 17.8 Å². The minimum absolute atomic E-state index is 0.193. The van der Waals surface area contributed by atoms with Gasteiger partial charge in [0.15, 0.2) is 0 Å². The molecule has 1 aromatic carbocycles. The largest absolute Gasteiger partial charge is 0.335 e. The van der Waals surface area contributed by atoms with Gasteiger partial charge < -0.3 is 16.4 Å². The molecular formula is C14H18N4O. The minimum atomic E-state index is -0.226. The molecule has 1 saturated carbocycles. The van der Waals surface area contributed by atoms with Crippen molar-refractivity contribution in [1.82, 2.24) is 5.32 Å². The fourth-order valence-corrected chi connectivity index (χ4v) is 2.28. The van der Waals surface area contributed by atoms with Crippen LogP contribution in [0.15, 0.2) is 24.3 Å². The summed E-state index contributed by atoms with van der Waals surface area (Å²) in [6.07, 6.45) is 3.75. The van der Waals surface area contributed by atoms with Gasteiger partial charge in [0.25, 0.3) is 0 Å². The van der Waals surface area contributed by atoms with Crippen LogP contribution in [0.2, 0.25) is 0 Å². The fraction of sp³-hybridized carbons (Fsp3) is 0.429. The molecule has 0 radical (unpaired) electrons. The number of nitrogens with one attached hydrogen (secondary N) is 2. The van der Waals surface area contributed by atoms with Crippen molar-refractivity contribution in [2.75, 3.05) is 5.32 Å². The molecule has 0 atom stereocenters. The van der Waals surface area contributed by atoms with Crippen molar-refractivity contribution in [3.8, 4) is 6.07 Å². The van der Waals surface area contributed by atoms with Crippen molar-refractivity contribution in [1.29, 1.82) is 5.26 Å². The molecule has 2 amide bonds. The number of nitriles is 1. The van der Waals surface area contributed by atoms with E-state index in [-0.39, 0.29) is 18.1 Å². The monoisotopic (exact) mass is 258 g/mol. The van der Waals surface area contributed by atoms with Crippen molar-refractivity contribution in [3.05, 3.63) is 29.8 Å². The van der Waals surface area contributed by atoms with Crippen LogP contribution in [-0.2, 0) is 0 Å². The Kier molecular flexibility index (Phi) is 4.37. The van der Waals surface area contributed by atoms with E-state index in [0.717, 1.165) is 25.7 Å². The zero-order chi connectivity index (χ0) is 13.7. The topological polar surface area (TPSA) is 90.9 Å². The van der Waals surface area contributed by atoms with E-state index in [1.54, 1.807) is 24.3 Å². The molecule has 0 aliphatic heterocycles. The van der Waals surface area contributed by atoms with Crippen LogP contribution in [0.3, 0.4) is 0 Å². The minimum Gasteiger partial charge on any atom is -0.335 e. The molecule has 0 aromatic heterocycles. The lowest BCUT2D eigenvalue weighted by atomic mass is 9.92. The number of carbonyl (C=O) groups is 1. The molecular weight excluding hydrogens is 240 g/mol. The average molecular weight is 258 g/mol. The Balaban J connectivity index is 1.85. The highest BCUT2D eigenvalue weighted by molar-refractivity contribution is 5.89. The molecule has 0 spiro atoms. The fourth-order valence-electron chi connectivity index (χ4n) is 2.28. The third kappa shape index (κ3) is 3.97. The summed E-state index contributed by atoms with van der Waals surface area (Å²) in [5.74, 6) is 0. The second-order valence-corrected chi connectivity index (χ2v) is 4.90. The number of anilines is 1. The number of rotatable bonds is 2. The third-order valence-electron chi connectivity index (χ3n) is 3.36. The zero-order valence-electron chi connectivity index (χ0n) is 10.7. The number of benzene rings is 1. The Morgan fingerprint density at radius 2 is 2.05 bits per heavy atom. The van der Waals surface area contributed by atoms with Crippen LogP contribution in [0, 0.1) is 11.3 Å². The van der Waals surface area contributed by atoms with Crippen LogP contribution in [0.25, 0.3) is 0 Å². The summed E-state index contributed by atoms with van der Waals surface area (Å²) in [7, 11) is 0. The first-order valence-corrected chi connectivity index (χ1v) is 6.50. The molecule has 1 fully saturated rings. The zero-order valence-corrected chi connectivity index (χ0v) is 10.7. The van der Waals surface area contributed by atoms with Crippen LogP contribution in [0.5, 0.6) is 0 Å². The second-order valence-electron chi connectivity index (χ2n) is 4.90. The summed E-state index contributed by atoms with van der Waals surface area (Å²) in [6, 6.07) is 9.13. The van der Waals surface area contributed by atoms with E-state index < -0.39 is 0 Å².